The van der Waals surface area contributed by atoms with Crippen molar-refractivity contribution in [3.8, 4) is 0 Å². The Morgan fingerprint density at radius 3 is 2.67 bits per heavy atom. The van der Waals surface area contributed by atoms with Gasteiger partial charge in [-0.2, -0.15) is 0 Å². The molecule has 0 radical (unpaired) electrons. The van der Waals surface area contributed by atoms with Crippen molar-refractivity contribution in [1.82, 2.24) is 10.6 Å². The minimum absolute atomic E-state index is 0.113. The summed E-state index contributed by atoms with van der Waals surface area (Å²) in [5, 5.41) is 6.47. The average molecular weight is 246 g/mol. The number of rotatable bonds is 3. The SMILES string of the molecule is CC(C)(C(=O)N[C@H]1CCCNC1)c1ccccc1. The second kappa shape index (κ2) is 5.53. The van der Waals surface area contributed by atoms with E-state index in [4.69, 9.17) is 0 Å². The van der Waals surface area contributed by atoms with Gasteiger partial charge in [0.1, 0.15) is 0 Å². The van der Waals surface area contributed by atoms with Crippen LogP contribution in [0, 0.1) is 0 Å². The van der Waals surface area contributed by atoms with Crippen LogP contribution in [-0.2, 0) is 10.2 Å². The summed E-state index contributed by atoms with van der Waals surface area (Å²) in [7, 11) is 0. The van der Waals surface area contributed by atoms with Gasteiger partial charge in [0, 0.05) is 12.6 Å². The molecule has 3 heteroatoms. The molecule has 0 aromatic heterocycles. The van der Waals surface area contributed by atoms with Crippen molar-refractivity contribution in [3.05, 3.63) is 35.9 Å². The molecule has 1 heterocycles. The number of carbonyl (C=O) groups is 1. The molecule has 98 valence electrons. The molecule has 0 saturated carbocycles. The largest absolute Gasteiger partial charge is 0.351 e. The van der Waals surface area contributed by atoms with E-state index >= 15 is 0 Å². The lowest BCUT2D eigenvalue weighted by Crippen LogP contribution is -2.50. The van der Waals surface area contributed by atoms with Crippen molar-refractivity contribution < 1.29 is 4.79 Å². The molecule has 1 saturated heterocycles. The van der Waals surface area contributed by atoms with E-state index in [0.29, 0.717) is 0 Å². The number of carbonyl (C=O) groups excluding carboxylic acids is 1. The quantitative estimate of drug-likeness (QED) is 0.854. The maximum Gasteiger partial charge on any atom is 0.230 e. The maximum atomic E-state index is 12.4. The van der Waals surface area contributed by atoms with Crippen LogP contribution in [0.5, 0.6) is 0 Å². The number of amides is 1. The second-order valence-electron chi connectivity index (χ2n) is 5.51. The molecule has 3 nitrogen and oxygen atoms in total. The molecule has 0 aliphatic carbocycles. The van der Waals surface area contributed by atoms with Crippen LogP contribution in [0.15, 0.2) is 30.3 Å². The van der Waals surface area contributed by atoms with Crippen molar-refractivity contribution in [2.45, 2.75) is 38.1 Å². The molecule has 0 unspecified atom stereocenters. The first-order valence-corrected chi connectivity index (χ1v) is 6.68. The van der Waals surface area contributed by atoms with Crippen LogP contribution < -0.4 is 10.6 Å². The van der Waals surface area contributed by atoms with Crippen molar-refractivity contribution in [3.63, 3.8) is 0 Å². The third-order valence-electron chi connectivity index (χ3n) is 3.70. The number of hydrogen-bond donors (Lipinski definition) is 2. The molecular formula is C15H22N2O. The molecule has 2 rings (SSSR count). The standard InChI is InChI=1S/C15H22N2O/c1-15(2,12-7-4-3-5-8-12)14(18)17-13-9-6-10-16-11-13/h3-5,7-8,13,16H,6,9-11H2,1-2H3,(H,17,18)/t13-/m0/s1. The minimum Gasteiger partial charge on any atom is -0.351 e. The van der Waals surface area contributed by atoms with Crippen molar-refractivity contribution in [2.75, 3.05) is 13.1 Å². The Morgan fingerprint density at radius 2 is 2.06 bits per heavy atom. The zero-order valence-electron chi connectivity index (χ0n) is 11.2. The van der Waals surface area contributed by atoms with E-state index in [9.17, 15) is 4.79 Å². The highest BCUT2D eigenvalue weighted by Crippen LogP contribution is 2.23. The number of piperidine rings is 1. The summed E-state index contributed by atoms with van der Waals surface area (Å²) in [6, 6.07) is 10.2. The van der Waals surface area contributed by atoms with E-state index in [-0.39, 0.29) is 11.9 Å². The third-order valence-corrected chi connectivity index (χ3v) is 3.70. The first-order chi connectivity index (χ1) is 8.60. The molecule has 1 aromatic carbocycles. The molecule has 1 amide bonds. The summed E-state index contributed by atoms with van der Waals surface area (Å²) < 4.78 is 0. The molecule has 1 atom stereocenters. The fraction of sp³-hybridized carbons (Fsp3) is 0.533. The van der Waals surface area contributed by atoms with Crippen LogP contribution in [0.2, 0.25) is 0 Å². The van der Waals surface area contributed by atoms with E-state index in [2.05, 4.69) is 10.6 Å². The molecule has 18 heavy (non-hydrogen) atoms. The molecule has 1 aromatic rings. The Balaban J connectivity index is 2.03. The van der Waals surface area contributed by atoms with E-state index < -0.39 is 5.41 Å². The monoisotopic (exact) mass is 246 g/mol. The van der Waals surface area contributed by atoms with Gasteiger partial charge in [-0.25, -0.2) is 0 Å². The number of nitrogens with one attached hydrogen (secondary N) is 2. The lowest BCUT2D eigenvalue weighted by molar-refractivity contribution is -0.126. The Hall–Kier alpha value is -1.35. The van der Waals surface area contributed by atoms with Gasteiger partial charge in [-0.1, -0.05) is 30.3 Å². The molecular weight excluding hydrogens is 224 g/mol. The Kier molecular flexibility index (Phi) is 4.02. The van der Waals surface area contributed by atoms with Gasteiger partial charge >= 0.3 is 0 Å². The van der Waals surface area contributed by atoms with Crippen molar-refractivity contribution >= 4 is 5.91 Å². The summed E-state index contributed by atoms with van der Waals surface area (Å²) in [5.41, 5.74) is 0.588. The zero-order chi connectivity index (χ0) is 13.0. The lowest BCUT2D eigenvalue weighted by atomic mass is 9.83. The Bertz CT molecular complexity index is 394. The maximum absolute atomic E-state index is 12.4. The third kappa shape index (κ3) is 2.91. The smallest absolute Gasteiger partial charge is 0.230 e. The van der Waals surface area contributed by atoms with Crippen LogP contribution in [0.3, 0.4) is 0 Å². The lowest BCUT2D eigenvalue weighted by Gasteiger charge is -2.30. The fourth-order valence-electron chi connectivity index (χ4n) is 2.33. The van der Waals surface area contributed by atoms with E-state index in [1.165, 1.54) is 0 Å². The summed E-state index contributed by atoms with van der Waals surface area (Å²) in [6.45, 7) is 5.91. The van der Waals surface area contributed by atoms with Gasteiger partial charge in [-0.3, -0.25) is 4.79 Å². The van der Waals surface area contributed by atoms with E-state index in [0.717, 1.165) is 31.5 Å². The average Bonchev–Trinajstić information content (AvgIpc) is 2.41. The van der Waals surface area contributed by atoms with E-state index in [1.54, 1.807) is 0 Å². The fourth-order valence-corrected chi connectivity index (χ4v) is 2.33. The first kappa shape index (κ1) is 13.1. The molecule has 2 N–H and O–H groups in total. The Labute approximate surface area is 109 Å². The van der Waals surface area contributed by atoms with Gasteiger partial charge in [-0.15, -0.1) is 0 Å². The number of benzene rings is 1. The van der Waals surface area contributed by atoms with Gasteiger partial charge in [0.05, 0.1) is 5.41 Å². The van der Waals surface area contributed by atoms with Gasteiger partial charge < -0.3 is 10.6 Å². The molecule has 0 spiro atoms. The van der Waals surface area contributed by atoms with Crippen LogP contribution in [-0.4, -0.2) is 25.0 Å². The summed E-state index contributed by atoms with van der Waals surface area (Å²) in [5.74, 6) is 0.113. The normalized spacial score (nSPS) is 20.4. The highest BCUT2D eigenvalue weighted by molar-refractivity contribution is 5.87. The van der Waals surface area contributed by atoms with Crippen LogP contribution in [0.25, 0.3) is 0 Å². The predicted molar refractivity (Wildman–Crippen MR) is 73.5 cm³/mol. The van der Waals surface area contributed by atoms with Crippen molar-refractivity contribution in [2.24, 2.45) is 0 Å². The van der Waals surface area contributed by atoms with Gasteiger partial charge in [0.25, 0.3) is 0 Å². The first-order valence-electron chi connectivity index (χ1n) is 6.68. The topological polar surface area (TPSA) is 41.1 Å². The minimum atomic E-state index is -0.474. The summed E-state index contributed by atoms with van der Waals surface area (Å²) >= 11 is 0. The predicted octanol–water partition coefficient (Wildman–Crippen LogP) is 1.83. The van der Waals surface area contributed by atoms with Crippen LogP contribution in [0.1, 0.15) is 32.3 Å². The van der Waals surface area contributed by atoms with Gasteiger partial charge in [0.2, 0.25) is 5.91 Å². The molecule has 1 aliphatic heterocycles. The molecule has 1 aliphatic rings. The number of hydrogen-bond acceptors (Lipinski definition) is 2. The summed E-state index contributed by atoms with van der Waals surface area (Å²) in [4.78, 5) is 12.4. The van der Waals surface area contributed by atoms with Crippen LogP contribution >= 0.6 is 0 Å². The molecule has 0 bridgehead atoms. The van der Waals surface area contributed by atoms with E-state index in [1.807, 2.05) is 44.2 Å². The summed E-state index contributed by atoms with van der Waals surface area (Å²) in [6.07, 6.45) is 2.21. The van der Waals surface area contributed by atoms with Crippen molar-refractivity contribution in [1.29, 1.82) is 0 Å². The Morgan fingerprint density at radius 1 is 1.33 bits per heavy atom. The van der Waals surface area contributed by atoms with Gasteiger partial charge in [0.15, 0.2) is 0 Å². The molecule has 1 fully saturated rings. The zero-order valence-corrected chi connectivity index (χ0v) is 11.2. The second-order valence-corrected chi connectivity index (χ2v) is 5.51. The highest BCUT2D eigenvalue weighted by atomic mass is 16.2. The highest BCUT2D eigenvalue weighted by Gasteiger charge is 2.31. The van der Waals surface area contributed by atoms with Gasteiger partial charge in [-0.05, 0) is 38.8 Å². The van der Waals surface area contributed by atoms with Crippen LogP contribution in [0.4, 0.5) is 0 Å².